The first-order chi connectivity index (χ1) is 16.7. The second-order valence-electron chi connectivity index (χ2n) is 9.95. The predicted molar refractivity (Wildman–Crippen MR) is 146 cm³/mol. The van der Waals surface area contributed by atoms with E-state index < -0.39 is 0 Å². The molecule has 2 aromatic carbocycles. The minimum absolute atomic E-state index is 0.0217. The van der Waals surface area contributed by atoms with Crippen LogP contribution in [0.25, 0.3) is 33.3 Å². The lowest BCUT2D eigenvalue weighted by Crippen LogP contribution is -2.22. The van der Waals surface area contributed by atoms with Gasteiger partial charge in [-0.3, -0.25) is 4.79 Å². The molecule has 0 bridgehead atoms. The lowest BCUT2D eigenvalue weighted by atomic mass is 9.96. The number of pyridine rings is 1. The van der Waals surface area contributed by atoms with E-state index in [1.54, 1.807) is 19.0 Å². The molecule has 0 fully saturated rings. The lowest BCUT2D eigenvalue weighted by Gasteiger charge is -2.13. The van der Waals surface area contributed by atoms with Crippen LogP contribution in [0.5, 0.6) is 0 Å². The molecule has 0 aliphatic carbocycles. The third-order valence-corrected chi connectivity index (χ3v) is 6.68. The molecule has 5 nitrogen and oxygen atoms in total. The van der Waals surface area contributed by atoms with Gasteiger partial charge in [0.25, 0.3) is 5.91 Å². The van der Waals surface area contributed by atoms with Gasteiger partial charge in [-0.15, -0.1) is 0 Å². The average Bonchev–Trinajstić information content (AvgIpc) is 3.25. The summed E-state index contributed by atoms with van der Waals surface area (Å²) in [5.74, 6) is 0.0217. The summed E-state index contributed by atoms with van der Waals surface area (Å²) in [6, 6.07) is 15.0. The number of aromatic nitrogens is 2. The predicted octanol–water partition coefficient (Wildman–Crippen LogP) is 6.10. The average molecular weight is 469 g/mol. The Morgan fingerprint density at radius 1 is 0.886 bits per heavy atom. The minimum atomic E-state index is 0.0217. The van der Waals surface area contributed by atoms with Crippen molar-refractivity contribution >= 4 is 16.9 Å². The zero-order valence-corrected chi connectivity index (χ0v) is 21.8. The fourth-order valence-electron chi connectivity index (χ4n) is 4.61. The van der Waals surface area contributed by atoms with Gasteiger partial charge in [0.15, 0.2) is 0 Å². The fourth-order valence-corrected chi connectivity index (χ4v) is 4.61. The number of hydrogen-bond acceptors (Lipinski definition) is 3. The Balaban J connectivity index is 1.61. The molecule has 0 aliphatic rings. The molecular weight excluding hydrogens is 432 g/mol. The van der Waals surface area contributed by atoms with Crippen LogP contribution in [0.4, 0.5) is 0 Å². The fraction of sp³-hybridized carbons (Fsp3) is 0.333. The number of amides is 1. The highest BCUT2D eigenvalue weighted by Crippen LogP contribution is 2.32. The molecule has 2 heterocycles. The van der Waals surface area contributed by atoms with E-state index in [0.717, 1.165) is 51.8 Å². The molecule has 1 amide bonds. The van der Waals surface area contributed by atoms with E-state index in [1.165, 1.54) is 29.5 Å². The smallest absolute Gasteiger partial charge is 0.253 e. The quantitative estimate of drug-likeness (QED) is 0.318. The number of hydrogen-bond donors (Lipinski definition) is 1. The maximum atomic E-state index is 12.4. The van der Waals surface area contributed by atoms with Gasteiger partial charge in [0.05, 0.1) is 0 Å². The van der Waals surface area contributed by atoms with Crippen molar-refractivity contribution < 1.29 is 4.79 Å². The van der Waals surface area contributed by atoms with E-state index >= 15 is 0 Å². The number of carbonyl (C=O) groups is 1. The third-order valence-electron chi connectivity index (χ3n) is 6.68. The maximum Gasteiger partial charge on any atom is 0.253 e. The van der Waals surface area contributed by atoms with Gasteiger partial charge in [-0.2, -0.15) is 0 Å². The lowest BCUT2D eigenvalue weighted by molar-refractivity contribution is 0.0827. The summed E-state index contributed by atoms with van der Waals surface area (Å²) < 4.78 is 0. The third kappa shape index (κ3) is 5.46. The van der Waals surface area contributed by atoms with E-state index in [9.17, 15) is 4.79 Å². The van der Waals surface area contributed by atoms with Gasteiger partial charge in [0, 0.05) is 48.6 Å². The number of aromatic amines is 1. The Bertz CT molecular complexity index is 1350. The Hall–Kier alpha value is -3.44. The van der Waals surface area contributed by atoms with Crippen LogP contribution in [0.15, 0.2) is 54.9 Å². The minimum Gasteiger partial charge on any atom is -0.346 e. The highest BCUT2D eigenvalue weighted by atomic mass is 16.2. The molecule has 35 heavy (non-hydrogen) atoms. The summed E-state index contributed by atoms with van der Waals surface area (Å²) in [5.41, 5.74) is 9.78. The molecule has 4 rings (SSSR count). The summed E-state index contributed by atoms with van der Waals surface area (Å²) in [4.78, 5) is 24.3. The van der Waals surface area contributed by atoms with Crippen molar-refractivity contribution in [3.05, 3.63) is 77.1 Å². The van der Waals surface area contributed by atoms with Crippen molar-refractivity contribution in [3.8, 4) is 22.3 Å². The summed E-state index contributed by atoms with van der Waals surface area (Å²) in [7, 11) is 7.82. The summed E-state index contributed by atoms with van der Waals surface area (Å²) in [6.07, 6.45) is 7.49. The van der Waals surface area contributed by atoms with Crippen molar-refractivity contribution in [1.82, 2.24) is 19.8 Å². The highest BCUT2D eigenvalue weighted by Gasteiger charge is 2.14. The molecule has 5 heteroatoms. The summed E-state index contributed by atoms with van der Waals surface area (Å²) in [5, 5.41) is 1.08. The molecule has 0 atom stereocenters. The Kier molecular flexibility index (Phi) is 7.37. The van der Waals surface area contributed by atoms with Crippen LogP contribution in [0.3, 0.4) is 0 Å². The number of fused-ring (bicyclic) bond motifs is 1. The van der Waals surface area contributed by atoms with Gasteiger partial charge in [-0.25, -0.2) is 4.98 Å². The van der Waals surface area contributed by atoms with E-state index in [0.29, 0.717) is 0 Å². The van der Waals surface area contributed by atoms with E-state index in [-0.39, 0.29) is 5.91 Å². The molecule has 182 valence electrons. The van der Waals surface area contributed by atoms with Gasteiger partial charge >= 0.3 is 0 Å². The zero-order chi connectivity index (χ0) is 25.1. The molecule has 1 N–H and O–H groups in total. The largest absolute Gasteiger partial charge is 0.346 e. The Morgan fingerprint density at radius 2 is 1.63 bits per heavy atom. The second kappa shape index (κ2) is 10.4. The molecule has 0 spiro atoms. The van der Waals surface area contributed by atoms with Crippen LogP contribution in [-0.2, 0) is 6.42 Å². The van der Waals surface area contributed by atoms with Crippen molar-refractivity contribution in [2.75, 3.05) is 34.7 Å². The molecule has 0 unspecified atom stereocenters. The number of H-pyrrole nitrogens is 1. The molecular formula is C30H36N4O. The summed E-state index contributed by atoms with van der Waals surface area (Å²) >= 11 is 0. The van der Waals surface area contributed by atoms with Crippen molar-refractivity contribution in [1.29, 1.82) is 0 Å². The highest BCUT2D eigenvalue weighted by molar-refractivity contribution is 5.99. The molecule has 0 aliphatic heterocycles. The van der Waals surface area contributed by atoms with Crippen LogP contribution in [-0.4, -0.2) is 60.4 Å². The van der Waals surface area contributed by atoms with Crippen LogP contribution in [0.1, 0.15) is 39.9 Å². The number of unbranched alkanes of at least 4 members (excludes halogenated alkanes) is 1. The number of benzene rings is 2. The van der Waals surface area contributed by atoms with E-state index in [4.69, 9.17) is 4.98 Å². The topological polar surface area (TPSA) is 52.2 Å². The molecule has 0 saturated carbocycles. The van der Waals surface area contributed by atoms with Crippen molar-refractivity contribution in [2.45, 2.75) is 33.1 Å². The Morgan fingerprint density at radius 3 is 2.31 bits per heavy atom. The molecule has 2 aromatic heterocycles. The molecule has 0 saturated heterocycles. The van der Waals surface area contributed by atoms with E-state index in [2.05, 4.69) is 61.2 Å². The summed E-state index contributed by atoms with van der Waals surface area (Å²) in [6.45, 7) is 5.33. The number of carbonyl (C=O) groups excluding carboxylic acids is 1. The van der Waals surface area contributed by atoms with Crippen LogP contribution < -0.4 is 0 Å². The van der Waals surface area contributed by atoms with E-state index in [1.807, 2.05) is 31.5 Å². The first kappa shape index (κ1) is 24.7. The van der Waals surface area contributed by atoms with Gasteiger partial charge < -0.3 is 14.8 Å². The van der Waals surface area contributed by atoms with Gasteiger partial charge in [0.1, 0.15) is 5.65 Å². The SMILES string of the molecule is Cc1cc(-c2cnc3[nH]cc(-c4ccc(C(=O)N(C)C)c(C)c4)c3c2)ccc1CCCCN(C)C. The van der Waals surface area contributed by atoms with Crippen molar-refractivity contribution in [2.24, 2.45) is 0 Å². The first-order valence-corrected chi connectivity index (χ1v) is 12.3. The Labute approximate surface area is 208 Å². The standard InChI is InChI=1S/C30H36N4O/c1-20-15-23(11-10-22(20)9-7-8-14-33(3)4)25-17-27-28(19-32-29(27)31-18-25)24-12-13-26(21(2)16-24)30(35)34(5)6/h10-13,15-19H,7-9,14H2,1-6H3,(H,31,32). The monoisotopic (exact) mass is 468 g/mol. The van der Waals surface area contributed by atoms with Gasteiger partial charge in [-0.1, -0.05) is 30.3 Å². The first-order valence-electron chi connectivity index (χ1n) is 12.3. The molecule has 4 aromatic rings. The second-order valence-corrected chi connectivity index (χ2v) is 9.95. The maximum absolute atomic E-state index is 12.4. The van der Waals surface area contributed by atoms with Crippen LogP contribution in [0, 0.1) is 13.8 Å². The number of nitrogens with zero attached hydrogens (tertiary/aromatic N) is 3. The van der Waals surface area contributed by atoms with Crippen LogP contribution >= 0.6 is 0 Å². The number of rotatable bonds is 8. The number of nitrogens with one attached hydrogen (secondary N) is 1. The van der Waals surface area contributed by atoms with Gasteiger partial charge in [0.2, 0.25) is 0 Å². The van der Waals surface area contributed by atoms with Crippen LogP contribution in [0.2, 0.25) is 0 Å². The van der Waals surface area contributed by atoms with Gasteiger partial charge in [-0.05, 0) is 93.7 Å². The zero-order valence-electron chi connectivity index (χ0n) is 21.8. The number of aryl methyl sites for hydroxylation is 3. The molecule has 0 radical (unpaired) electrons. The normalized spacial score (nSPS) is 11.4. The van der Waals surface area contributed by atoms with Crippen molar-refractivity contribution in [3.63, 3.8) is 0 Å².